The molecule has 0 radical (unpaired) electrons. The van der Waals surface area contributed by atoms with E-state index >= 15 is 0 Å². The molecule has 152 valence electrons. The second kappa shape index (κ2) is 8.30. The highest BCUT2D eigenvalue weighted by Crippen LogP contribution is 2.39. The number of hydrogen-bond donors (Lipinski definition) is 1. The van der Waals surface area contributed by atoms with Crippen molar-refractivity contribution in [1.29, 1.82) is 0 Å². The minimum Gasteiger partial charge on any atom is -0.485 e. The van der Waals surface area contributed by atoms with Gasteiger partial charge >= 0.3 is 0 Å². The molecule has 6 nitrogen and oxygen atoms in total. The number of pyridine rings is 1. The minimum atomic E-state index is -0.444. The number of nitrogens with two attached hydrogens (primary N) is 1. The third-order valence-electron chi connectivity index (χ3n) is 4.67. The van der Waals surface area contributed by atoms with Crippen molar-refractivity contribution in [2.45, 2.75) is 19.4 Å². The second-order valence-corrected chi connectivity index (χ2v) is 8.32. The number of amides is 1. The van der Waals surface area contributed by atoms with E-state index in [0.29, 0.717) is 22.0 Å². The molecule has 0 aliphatic carbocycles. The zero-order valence-electron chi connectivity index (χ0n) is 16.0. The molecule has 1 amide bonds. The molecular weight excluding hydrogens is 422 g/mol. The highest BCUT2D eigenvalue weighted by Gasteiger charge is 2.19. The topological polar surface area (TPSA) is 86.7 Å². The summed E-state index contributed by atoms with van der Waals surface area (Å²) >= 11 is 7.71. The number of primary amides is 1. The van der Waals surface area contributed by atoms with E-state index in [-0.39, 0.29) is 12.5 Å². The molecule has 4 aromatic rings. The molecule has 3 aromatic heterocycles. The van der Waals surface area contributed by atoms with Gasteiger partial charge in [-0.05, 0) is 25.1 Å². The molecule has 4 rings (SSSR count). The molecule has 0 fully saturated rings. The lowest BCUT2D eigenvalue weighted by Crippen LogP contribution is -2.13. The Kier molecular flexibility index (Phi) is 5.57. The summed E-state index contributed by atoms with van der Waals surface area (Å²) in [4.78, 5) is 28.8. The van der Waals surface area contributed by atoms with Crippen LogP contribution < -0.4 is 10.5 Å². The summed E-state index contributed by atoms with van der Waals surface area (Å²) in [6.45, 7) is 1.90. The smallest absolute Gasteiger partial charge is 0.222 e. The monoisotopic (exact) mass is 439 g/mol. The molecule has 0 spiro atoms. The molecule has 0 unspecified atom stereocenters. The average molecular weight is 440 g/mol. The van der Waals surface area contributed by atoms with E-state index in [1.165, 1.54) is 11.3 Å². The van der Waals surface area contributed by atoms with Crippen molar-refractivity contribution in [3.05, 3.63) is 75.9 Å². The predicted molar refractivity (Wildman–Crippen MR) is 117 cm³/mol. The van der Waals surface area contributed by atoms with Gasteiger partial charge in [0.1, 0.15) is 17.5 Å². The summed E-state index contributed by atoms with van der Waals surface area (Å²) in [6.07, 6.45) is 3.98. The standard InChI is InChI=1S/C22H18ClN3O3S/c1-13(15-4-2-3-5-16(15)23)29-18-8-19(30-20(18)9-21(24)28)17-10-25-22-7-6-14(12-27)11-26(17)22/h2-8,10-13H,9H2,1H3,(H2,24,28)/t13-/m1/s1. The number of thiophene rings is 1. The number of aldehydes is 1. The third-order valence-corrected chi connectivity index (χ3v) is 6.15. The fourth-order valence-electron chi connectivity index (χ4n) is 3.23. The first-order chi connectivity index (χ1) is 14.5. The molecule has 0 aliphatic heterocycles. The molecule has 30 heavy (non-hydrogen) atoms. The van der Waals surface area contributed by atoms with Gasteiger partial charge in [-0.1, -0.05) is 29.8 Å². The quantitative estimate of drug-likeness (QED) is 0.423. The summed E-state index contributed by atoms with van der Waals surface area (Å²) in [7, 11) is 0. The van der Waals surface area contributed by atoms with Crippen molar-refractivity contribution in [2.24, 2.45) is 5.73 Å². The van der Waals surface area contributed by atoms with E-state index in [1.54, 1.807) is 24.5 Å². The maximum absolute atomic E-state index is 11.6. The molecule has 0 bridgehead atoms. The normalized spacial score (nSPS) is 12.1. The van der Waals surface area contributed by atoms with Gasteiger partial charge < -0.3 is 10.5 Å². The van der Waals surface area contributed by atoms with Crippen LogP contribution in [0.2, 0.25) is 5.02 Å². The molecule has 1 aromatic carbocycles. The number of ether oxygens (including phenoxy) is 1. The zero-order valence-corrected chi connectivity index (χ0v) is 17.6. The first-order valence-corrected chi connectivity index (χ1v) is 10.4. The van der Waals surface area contributed by atoms with Crippen LogP contribution in [0.5, 0.6) is 5.75 Å². The lowest BCUT2D eigenvalue weighted by Gasteiger charge is -2.16. The Morgan fingerprint density at radius 1 is 1.33 bits per heavy atom. The van der Waals surface area contributed by atoms with Gasteiger partial charge in [-0.15, -0.1) is 11.3 Å². The van der Waals surface area contributed by atoms with E-state index < -0.39 is 5.91 Å². The van der Waals surface area contributed by atoms with Gasteiger partial charge in [0.25, 0.3) is 0 Å². The minimum absolute atomic E-state index is 0.0611. The third kappa shape index (κ3) is 3.94. The number of carbonyl (C=O) groups excluding carboxylic acids is 2. The summed E-state index contributed by atoms with van der Waals surface area (Å²) < 4.78 is 8.02. The molecule has 0 saturated carbocycles. The fraction of sp³-hybridized carbons (Fsp3) is 0.136. The number of rotatable bonds is 7. The van der Waals surface area contributed by atoms with Crippen molar-refractivity contribution in [1.82, 2.24) is 9.38 Å². The van der Waals surface area contributed by atoms with Crippen LogP contribution in [0.25, 0.3) is 16.2 Å². The Morgan fingerprint density at radius 2 is 2.13 bits per heavy atom. The Morgan fingerprint density at radius 3 is 2.87 bits per heavy atom. The number of aromatic nitrogens is 2. The predicted octanol–water partition coefficient (Wildman–Crippen LogP) is 4.70. The van der Waals surface area contributed by atoms with Gasteiger partial charge in [-0.25, -0.2) is 4.98 Å². The molecule has 1 atom stereocenters. The van der Waals surface area contributed by atoms with Gasteiger partial charge in [0.15, 0.2) is 6.29 Å². The Balaban J connectivity index is 1.74. The van der Waals surface area contributed by atoms with Crippen molar-refractivity contribution >= 4 is 40.8 Å². The highest BCUT2D eigenvalue weighted by atomic mass is 35.5. The van der Waals surface area contributed by atoms with Crippen LogP contribution in [-0.2, 0) is 11.2 Å². The van der Waals surface area contributed by atoms with Crippen molar-refractivity contribution in [3.63, 3.8) is 0 Å². The number of benzene rings is 1. The van der Waals surface area contributed by atoms with Crippen LogP contribution in [0.3, 0.4) is 0 Å². The van der Waals surface area contributed by atoms with Crippen LogP contribution in [0.1, 0.15) is 33.8 Å². The summed E-state index contributed by atoms with van der Waals surface area (Å²) in [5.41, 5.74) is 8.35. The van der Waals surface area contributed by atoms with Crippen molar-refractivity contribution in [3.8, 4) is 16.3 Å². The first-order valence-electron chi connectivity index (χ1n) is 9.21. The highest BCUT2D eigenvalue weighted by molar-refractivity contribution is 7.15. The number of imidazole rings is 1. The van der Waals surface area contributed by atoms with Gasteiger partial charge in [-0.2, -0.15) is 0 Å². The lowest BCUT2D eigenvalue weighted by molar-refractivity contribution is -0.117. The van der Waals surface area contributed by atoms with E-state index in [2.05, 4.69) is 4.98 Å². The number of carbonyl (C=O) groups is 2. The van der Waals surface area contributed by atoms with E-state index in [4.69, 9.17) is 22.1 Å². The number of halogens is 1. The molecular formula is C22H18ClN3O3S. The molecule has 2 N–H and O–H groups in total. The van der Waals surface area contributed by atoms with Crippen LogP contribution in [-0.4, -0.2) is 21.6 Å². The zero-order chi connectivity index (χ0) is 21.3. The maximum atomic E-state index is 11.6. The summed E-state index contributed by atoms with van der Waals surface area (Å²) in [5.74, 6) is 0.128. The number of hydrogen-bond acceptors (Lipinski definition) is 5. The van der Waals surface area contributed by atoms with Gasteiger partial charge in [-0.3, -0.25) is 14.0 Å². The van der Waals surface area contributed by atoms with Crippen LogP contribution in [0, 0.1) is 0 Å². The maximum Gasteiger partial charge on any atom is 0.222 e. The Bertz CT molecular complexity index is 1250. The first kappa shape index (κ1) is 20.1. The van der Waals surface area contributed by atoms with Crippen LogP contribution >= 0.6 is 22.9 Å². The lowest BCUT2D eigenvalue weighted by atomic mass is 10.1. The molecule has 0 aliphatic rings. The molecule has 0 saturated heterocycles. The number of fused-ring (bicyclic) bond motifs is 1. The van der Waals surface area contributed by atoms with Crippen molar-refractivity contribution < 1.29 is 14.3 Å². The molecule has 8 heteroatoms. The van der Waals surface area contributed by atoms with Gasteiger partial charge in [0.2, 0.25) is 5.91 Å². The van der Waals surface area contributed by atoms with Gasteiger partial charge in [0, 0.05) is 28.4 Å². The number of nitrogens with zero attached hydrogens (tertiary/aromatic N) is 2. The van der Waals surface area contributed by atoms with E-state index in [0.717, 1.165) is 27.3 Å². The largest absolute Gasteiger partial charge is 0.485 e. The van der Waals surface area contributed by atoms with Gasteiger partial charge in [0.05, 0.1) is 28.1 Å². The SMILES string of the molecule is C[C@@H](Oc1cc(-c2cnc3ccc(C=O)cn23)sc1CC(N)=O)c1ccccc1Cl. The van der Waals surface area contributed by atoms with E-state index in [9.17, 15) is 9.59 Å². The summed E-state index contributed by atoms with van der Waals surface area (Å²) in [6, 6.07) is 12.8. The summed E-state index contributed by atoms with van der Waals surface area (Å²) in [5, 5.41) is 0.611. The van der Waals surface area contributed by atoms with E-state index in [1.807, 2.05) is 41.7 Å². The van der Waals surface area contributed by atoms with Crippen molar-refractivity contribution in [2.75, 3.05) is 0 Å². The second-order valence-electron chi connectivity index (χ2n) is 6.77. The van der Waals surface area contributed by atoms with Crippen LogP contribution in [0.4, 0.5) is 0 Å². The average Bonchev–Trinajstić information content (AvgIpc) is 3.31. The Hall–Kier alpha value is -3.16. The Labute approximate surface area is 181 Å². The van der Waals surface area contributed by atoms with Crippen LogP contribution in [0.15, 0.2) is 54.9 Å². The fourth-order valence-corrected chi connectivity index (χ4v) is 4.63. The molecule has 3 heterocycles.